The van der Waals surface area contributed by atoms with Crippen LogP contribution in [0.15, 0.2) is 42.5 Å². The van der Waals surface area contributed by atoms with Gasteiger partial charge < -0.3 is 0 Å². The van der Waals surface area contributed by atoms with Crippen molar-refractivity contribution in [3.05, 3.63) is 57.5 Å². The van der Waals surface area contributed by atoms with Gasteiger partial charge in [-0.05, 0) is 57.9 Å². The molecule has 17 heavy (non-hydrogen) atoms. The average molecular weight is 282 g/mol. The summed E-state index contributed by atoms with van der Waals surface area (Å²) in [5.41, 5.74) is 0. The van der Waals surface area contributed by atoms with Crippen LogP contribution in [0, 0.1) is 0 Å². The molecule has 0 aliphatic heterocycles. The maximum Gasteiger partial charge on any atom is 0.0598 e. The average Bonchev–Trinajstić information content (AvgIpc) is 2.28. The summed E-state index contributed by atoms with van der Waals surface area (Å²) < 4.78 is 0. The van der Waals surface area contributed by atoms with Crippen molar-refractivity contribution in [3.8, 4) is 0 Å². The predicted molar refractivity (Wildman–Crippen MR) is 76.5 cm³/mol. The minimum Gasteiger partial charge on any atom is -0.0843 e. The summed E-state index contributed by atoms with van der Waals surface area (Å²) in [5, 5.41) is 6.26. The van der Waals surface area contributed by atoms with E-state index in [4.69, 9.17) is 34.8 Å². The molecule has 0 aliphatic carbocycles. The third-order valence-corrected chi connectivity index (χ3v) is 3.75. The first-order valence-electron chi connectivity index (χ1n) is 5.11. The summed E-state index contributed by atoms with van der Waals surface area (Å²) in [5.74, 6) is 0. The highest BCUT2D eigenvalue weighted by atomic mass is 35.5. The standard InChI is InChI=1S/C14H7Cl3/c15-12-2-1-8-3-10-6-13(16)14(17)7-11(10)4-9(8)5-12/h1-7H. The normalized spacial score (nSPS) is 11.2. The lowest BCUT2D eigenvalue weighted by Gasteiger charge is -2.04. The predicted octanol–water partition coefficient (Wildman–Crippen LogP) is 5.95. The monoisotopic (exact) mass is 280 g/mol. The van der Waals surface area contributed by atoms with Gasteiger partial charge >= 0.3 is 0 Å². The highest BCUT2D eigenvalue weighted by Crippen LogP contribution is 2.31. The van der Waals surface area contributed by atoms with Gasteiger partial charge in [0.1, 0.15) is 0 Å². The fourth-order valence-corrected chi connectivity index (χ4v) is 2.49. The van der Waals surface area contributed by atoms with Crippen molar-refractivity contribution in [2.45, 2.75) is 0 Å². The molecule has 3 aromatic carbocycles. The summed E-state index contributed by atoms with van der Waals surface area (Å²) >= 11 is 18.0. The Bertz CT molecular complexity index is 732. The first-order chi connectivity index (χ1) is 8.13. The first kappa shape index (κ1) is 11.2. The van der Waals surface area contributed by atoms with Crippen molar-refractivity contribution in [1.82, 2.24) is 0 Å². The van der Waals surface area contributed by atoms with Crippen molar-refractivity contribution in [1.29, 1.82) is 0 Å². The third kappa shape index (κ3) is 1.97. The Kier molecular flexibility index (Phi) is 2.67. The second-order valence-corrected chi connectivity index (χ2v) is 5.21. The molecule has 0 nitrogen and oxygen atoms in total. The molecule has 0 fully saturated rings. The highest BCUT2D eigenvalue weighted by molar-refractivity contribution is 6.42. The van der Waals surface area contributed by atoms with Crippen LogP contribution in [0.4, 0.5) is 0 Å². The molecule has 3 rings (SSSR count). The van der Waals surface area contributed by atoms with Gasteiger partial charge in [0, 0.05) is 5.02 Å². The molecule has 0 aromatic heterocycles. The maximum absolute atomic E-state index is 6.01. The van der Waals surface area contributed by atoms with E-state index in [2.05, 4.69) is 12.1 Å². The fraction of sp³-hybridized carbons (Fsp3) is 0. The van der Waals surface area contributed by atoms with Gasteiger partial charge in [-0.25, -0.2) is 0 Å². The molecule has 3 aromatic rings. The van der Waals surface area contributed by atoms with Gasteiger partial charge in [0.25, 0.3) is 0 Å². The maximum atomic E-state index is 6.01. The van der Waals surface area contributed by atoms with E-state index in [9.17, 15) is 0 Å². The molecular formula is C14H7Cl3. The van der Waals surface area contributed by atoms with Crippen LogP contribution in [0.2, 0.25) is 15.1 Å². The Balaban J connectivity index is 2.43. The summed E-state index contributed by atoms with van der Waals surface area (Å²) in [7, 11) is 0. The molecule has 0 N–H and O–H groups in total. The van der Waals surface area contributed by atoms with Gasteiger partial charge in [-0.1, -0.05) is 40.9 Å². The van der Waals surface area contributed by atoms with Gasteiger partial charge in [0.2, 0.25) is 0 Å². The number of halogens is 3. The molecule has 0 saturated heterocycles. The third-order valence-electron chi connectivity index (χ3n) is 2.80. The van der Waals surface area contributed by atoms with Crippen LogP contribution < -0.4 is 0 Å². The fourth-order valence-electron chi connectivity index (χ4n) is 1.96. The van der Waals surface area contributed by atoms with Crippen molar-refractivity contribution in [2.24, 2.45) is 0 Å². The lowest BCUT2D eigenvalue weighted by molar-refractivity contribution is 1.76. The minimum atomic E-state index is 0.570. The summed E-state index contributed by atoms with van der Waals surface area (Å²) in [4.78, 5) is 0. The molecule has 0 saturated carbocycles. The van der Waals surface area contributed by atoms with Crippen molar-refractivity contribution in [3.63, 3.8) is 0 Å². The largest absolute Gasteiger partial charge is 0.0843 e. The zero-order valence-electron chi connectivity index (χ0n) is 8.68. The number of hydrogen-bond acceptors (Lipinski definition) is 0. The second kappa shape index (κ2) is 4.06. The van der Waals surface area contributed by atoms with Crippen LogP contribution in [0.5, 0.6) is 0 Å². The molecule has 0 radical (unpaired) electrons. The number of hydrogen-bond donors (Lipinski definition) is 0. The second-order valence-electron chi connectivity index (χ2n) is 3.96. The SMILES string of the molecule is Clc1ccc2cc3cc(Cl)c(Cl)cc3cc2c1. The molecule has 0 spiro atoms. The van der Waals surface area contributed by atoms with Gasteiger partial charge in [-0.2, -0.15) is 0 Å². The van der Waals surface area contributed by atoms with Crippen LogP contribution in [0.25, 0.3) is 21.5 Å². The van der Waals surface area contributed by atoms with E-state index in [0.717, 1.165) is 26.6 Å². The number of fused-ring (bicyclic) bond motifs is 2. The molecule has 0 heterocycles. The van der Waals surface area contributed by atoms with Crippen LogP contribution in [-0.2, 0) is 0 Å². The summed E-state index contributed by atoms with van der Waals surface area (Å²) in [6, 6.07) is 13.7. The number of benzene rings is 3. The zero-order valence-corrected chi connectivity index (χ0v) is 10.9. The van der Waals surface area contributed by atoms with Crippen LogP contribution in [0.1, 0.15) is 0 Å². The van der Waals surface area contributed by atoms with E-state index >= 15 is 0 Å². The first-order valence-corrected chi connectivity index (χ1v) is 6.25. The van der Waals surface area contributed by atoms with E-state index in [-0.39, 0.29) is 0 Å². The molecule has 84 valence electrons. The van der Waals surface area contributed by atoms with E-state index in [1.807, 2.05) is 30.3 Å². The Hall–Kier alpha value is -0.950. The van der Waals surface area contributed by atoms with Gasteiger partial charge in [0.05, 0.1) is 10.0 Å². The van der Waals surface area contributed by atoms with Crippen molar-refractivity contribution in [2.75, 3.05) is 0 Å². The van der Waals surface area contributed by atoms with Gasteiger partial charge in [0.15, 0.2) is 0 Å². The van der Waals surface area contributed by atoms with Crippen LogP contribution in [0.3, 0.4) is 0 Å². The molecule has 3 heteroatoms. The Labute approximate surface area is 114 Å². The smallest absolute Gasteiger partial charge is 0.0598 e. The summed E-state index contributed by atoms with van der Waals surface area (Å²) in [6.07, 6.45) is 0. The molecule has 0 atom stereocenters. The molecular weight excluding hydrogens is 275 g/mol. The van der Waals surface area contributed by atoms with E-state index < -0.39 is 0 Å². The molecule has 0 unspecified atom stereocenters. The Morgan fingerprint density at radius 3 is 1.71 bits per heavy atom. The lowest BCUT2D eigenvalue weighted by Crippen LogP contribution is -1.78. The van der Waals surface area contributed by atoms with Crippen molar-refractivity contribution >= 4 is 56.3 Å². The molecule has 0 aliphatic rings. The minimum absolute atomic E-state index is 0.570. The molecule has 0 amide bonds. The quantitative estimate of drug-likeness (QED) is 0.446. The van der Waals surface area contributed by atoms with Gasteiger partial charge in [-0.15, -0.1) is 0 Å². The lowest BCUT2D eigenvalue weighted by atomic mass is 10.0. The van der Waals surface area contributed by atoms with E-state index in [1.165, 1.54) is 0 Å². The van der Waals surface area contributed by atoms with Crippen LogP contribution >= 0.6 is 34.8 Å². The topological polar surface area (TPSA) is 0 Å². The number of rotatable bonds is 0. The molecule has 0 bridgehead atoms. The zero-order chi connectivity index (χ0) is 12.0. The van der Waals surface area contributed by atoms with Crippen LogP contribution in [-0.4, -0.2) is 0 Å². The summed E-state index contributed by atoms with van der Waals surface area (Å²) in [6.45, 7) is 0. The van der Waals surface area contributed by atoms with E-state index in [1.54, 1.807) is 0 Å². The highest BCUT2D eigenvalue weighted by Gasteiger charge is 2.03. The van der Waals surface area contributed by atoms with E-state index in [0.29, 0.717) is 10.0 Å². The Morgan fingerprint density at radius 1 is 0.529 bits per heavy atom. The van der Waals surface area contributed by atoms with Crippen molar-refractivity contribution < 1.29 is 0 Å². The Morgan fingerprint density at radius 2 is 1.06 bits per heavy atom. The van der Waals surface area contributed by atoms with Gasteiger partial charge in [-0.3, -0.25) is 0 Å².